The summed E-state index contributed by atoms with van der Waals surface area (Å²) in [6, 6.07) is 4.21. The van der Waals surface area contributed by atoms with Crippen molar-refractivity contribution >= 4 is 5.69 Å². The summed E-state index contributed by atoms with van der Waals surface area (Å²) in [5, 5.41) is 11.0. The summed E-state index contributed by atoms with van der Waals surface area (Å²) in [5.74, 6) is 0.685. The molecule has 1 aromatic carbocycles. The Morgan fingerprint density at radius 1 is 0.548 bits per heavy atom. The molecule has 0 N–H and O–H groups in total. The number of hydrogen-bond acceptors (Lipinski definition) is 10. The normalized spacial score (nSPS) is 19.7. The van der Waals surface area contributed by atoms with Crippen LogP contribution in [-0.4, -0.2) is 97.4 Å². The van der Waals surface area contributed by atoms with Crippen LogP contribution in [0.1, 0.15) is 0 Å². The minimum absolute atomic E-state index is 0.0792. The van der Waals surface area contributed by atoms with E-state index >= 15 is 0 Å². The molecule has 0 saturated heterocycles. The lowest BCUT2D eigenvalue weighted by Crippen LogP contribution is -2.16. The molecule has 0 aromatic heterocycles. The van der Waals surface area contributed by atoms with E-state index in [4.69, 9.17) is 37.9 Å². The standard InChI is InChI=1S/C20H31NO10/c22-21(23)18-1-2-19-20(17-18)31-16-14-29-12-10-27-8-6-25-4-3-24-5-7-26-9-11-28-13-15-30-19/h1-2,17H,3-16H2. The molecule has 0 bridgehead atoms. The average molecular weight is 445 g/mol. The van der Waals surface area contributed by atoms with Crippen LogP contribution in [0.3, 0.4) is 0 Å². The third kappa shape index (κ3) is 11.8. The zero-order chi connectivity index (χ0) is 22.0. The van der Waals surface area contributed by atoms with Crippen LogP contribution in [0.2, 0.25) is 0 Å². The summed E-state index contributed by atoms with van der Waals surface area (Å²) in [4.78, 5) is 10.6. The number of hydrogen-bond donors (Lipinski definition) is 0. The number of nitro benzene ring substituents is 1. The molecular formula is C20H31NO10. The molecule has 0 saturated carbocycles. The second kappa shape index (κ2) is 16.6. The average Bonchev–Trinajstić information content (AvgIpc) is 2.77. The van der Waals surface area contributed by atoms with Gasteiger partial charge in [0.1, 0.15) is 13.2 Å². The monoisotopic (exact) mass is 445 g/mol. The Morgan fingerprint density at radius 3 is 1.29 bits per heavy atom. The lowest BCUT2D eigenvalue weighted by Gasteiger charge is -2.13. The molecule has 31 heavy (non-hydrogen) atoms. The number of rotatable bonds is 1. The molecule has 1 aliphatic heterocycles. The number of benzene rings is 1. The van der Waals surface area contributed by atoms with Crippen molar-refractivity contribution in [3.8, 4) is 11.5 Å². The number of fused-ring (bicyclic) bond motifs is 1. The van der Waals surface area contributed by atoms with E-state index < -0.39 is 4.92 Å². The van der Waals surface area contributed by atoms with E-state index in [0.717, 1.165) is 0 Å². The van der Waals surface area contributed by atoms with Crippen molar-refractivity contribution in [3.63, 3.8) is 0 Å². The van der Waals surface area contributed by atoms with Gasteiger partial charge in [-0.2, -0.15) is 0 Å². The number of nitro groups is 1. The van der Waals surface area contributed by atoms with Gasteiger partial charge in [-0.05, 0) is 6.07 Å². The SMILES string of the molecule is O=[N+]([O-])c1ccc2c(c1)OCCOCCOCCOCCOCCOCCOCCO2. The molecule has 0 amide bonds. The van der Waals surface area contributed by atoms with Crippen molar-refractivity contribution in [2.24, 2.45) is 0 Å². The topological polar surface area (TPSA) is 117 Å². The molecule has 0 radical (unpaired) electrons. The predicted octanol–water partition coefficient (Wildman–Crippen LogP) is 1.47. The van der Waals surface area contributed by atoms with Crippen molar-refractivity contribution in [1.29, 1.82) is 0 Å². The van der Waals surface area contributed by atoms with Crippen LogP contribution in [0.4, 0.5) is 5.69 Å². The summed E-state index contributed by atoms with van der Waals surface area (Å²) in [5.41, 5.74) is -0.0792. The Morgan fingerprint density at radius 2 is 0.903 bits per heavy atom. The first kappa shape index (κ1) is 25.2. The van der Waals surface area contributed by atoms with E-state index in [2.05, 4.69) is 0 Å². The quantitative estimate of drug-likeness (QED) is 0.464. The Hall–Kier alpha value is -2.02. The number of non-ortho nitro benzene ring substituents is 1. The van der Waals surface area contributed by atoms with Gasteiger partial charge in [-0.25, -0.2) is 0 Å². The van der Waals surface area contributed by atoms with Crippen molar-refractivity contribution in [2.45, 2.75) is 0 Å². The van der Waals surface area contributed by atoms with Gasteiger partial charge in [0.05, 0.1) is 90.3 Å². The van der Waals surface area contributed by atoms with Gasteiger partial charge in [-0.3, -0.25) is 10.1 Å². The summed E-state index contributed by atoms with van der Waals surface area (Å²) >= 11 is 0. The third-order valence-corrected chi connectivity index (χ3v) is 3.97. The van der Waals surface area contributed by atoms with Crippen LogP contribution < -0.4 is 9.47 Å². The fourth-order valence-corrected chi connectivity index (χ4v) is 2.47. The number of nitrogens with zero attached hydrogens (tertiary/aromatic N) is 1. The van der Waals surface area contributed by atoms with Crippen LogP contribution in [0.25, 0.3) is 0 Å². The summed E-state index contributed by atoms with van der Waals surface area (Å²) < 4.78 is 43.8. The molecule has 2 rings (SSSR count). The molecule has 176 valence electrons. The van der Waals surface area contributed by atoms with Crippen LogP contribution in [0.5, 0.6) is 11.5 Å². The van der Waals surface area contributed by atoms with Gasteiger partial charge in [0.25, 0.3) is 5.69 Å². The second-order valence-electron chi connectivity index (χ2n) is 6.26. The van der Waals surface area contributed by atoms with Crippen LogP contribution in [-0.2, 0) is 28.4 Å². The van der Waals surface area contributed by atoms with E-state index in [0.29, 0.717) is 85.0 Å². The molecule has 0 fully saturated rings. The Balaban J connectivity index is 1.80. The van der Waals surface area contributed by atoms with E-state index in [1.807, 2.05) is 0 Å². The molecule has 11 nitrogen and oxygen atoms in total. The highest BCUT2D eigenvalue weighted by Gasteiger charge is 2.13. The fraction of sp³-hybridized carbons (Fsp3) is 0.700. The van der Waals surface area contributed by atoms with Gasteiger partial charge in [-0.15, -0.1) is 0 Å². The summed E-state index contributed by atoms with van der Waals surface area (Å²) in [6.45, 7) is 5.77. The first-order valence-electron chi connectivity index (χ1n) is 10.3. The van der Waals surface area contributed by atoms with E-state index in [1.165, 1.54) is 18.2 Å². The molecule has 0 unspecified atom stereocenters. The molecule has 11 heteroatoms. The lowest BCUT2D eigenvalue weighted by atomic mass is 10.3. The van der Waals surface area contributed by atoms with Gasteiger partial charge in [0, 0.05) is 6.07 Å². The first-order chi connectivity index (χ1) is 15.3. The smallest absolute Gasteiger partial charge is 0.273 e. The predicted molar refractivity (Wildman–Crippen MR) is 109 cm³/mol. The van der Waals surface area contributed by atoms with Crippen molar-refractivity contribution in [3.05, 3.63) is 28.3 Å². The molecule has 0 aliphatic carbocycles. The Kier molecular flexibility index (Phi) is 13.6. The first-order valence-corrected chi connectivity index (χ1v) is 10.3. The Bertz CT molecular complexity index is 616. The lowest BCUT2D eigenvalue weighted by molar-refractivity contribution is -0.385. The largest absolute Gasteiger partial charge is 0.487 e. The van der Waals surface area contributed by atoms with E-state index in [1.54, 1.807) is 0 Å². The maximum Gasteiger partial charge on any atom is 0.273 e. The van der Waals surface area contributed by atoms with Crippen molar-refractivity contribution in [1.82, 2.24) is 0 Å². The van der Waals surface area contributed by atoms with E-state index in [9.17, 15) is 10.1 Å². The molecule has 1 aliphatic rings. The molecule has 0 atom stereocenters. The highest BCUT2D eigenvalue weighted by Crippen LogP contribution is 2.31. The molecule has 1 aromatic rings. The maximum absolute atomic E-state index is 11.0. The third-order valence-electron chi connectivity index (χ3n) is 3.97. The minimum Gasteiger partial charge on any atom is -0.487 e. The molecular weight excluding hydrogens is 414 g/mol. The fourth-order valence-electron chi connectivity index (χ4n) is 2.47. The van der Waals surface area contributed by atoms with Crippen molar-refractivity contribution in [2.75, 3.05) is 92.5 Å². The molecule has 1 heterocycles. The van der Waals surface area contributed by atoms with Gasteiger partial charge >= 0.3 is 0 Å². The van der Waals surface area contributed by atoms with Gasteiger partial charge < -0.3 is 37.9 Å². The van der Waals surface area contributed by atoms with E-state index in [-0.39, 0.29) is 24.7 Å². The van der Waals surface area contributed by atoms with Crippen molar-refractivity contribution < 1.29 is 42.8 Å². The van der Waals surface area contributed by atoms with Gasteiger partial charge in [0.15, 0.2) is 11.5 Å². The zero-order valence-electron chi connectivity index (χ0n) is 17.7. The van der Waals surface area contributed by atoms with Gasteiger partial charge in [-0.1, -0.05) is 0 Å². The molecule has 0 spiro atoms. The highest BCUT2D eigenvalue weighted by molar-refractivity contribution is 5.48. The van der Waals surface area contributed by atoms with Gasteiger partial charge in [0.2, 0.25) is 0 Å². The zero-order valence-corrected chi connectivity index (χ0v) is 17.7. The minimum atomic E-state index is -0.485. The van der Waals surface area contributed by atoms with Crippen LogP contribution in [0, 0.1) is 10.1 Å². The summed E-state index contributed by atoms with van der Waals surface area (Å²) in [6.07, 6.45) is 0. The number of ether oxygens (including phenoxy) is 8. The second-order valence-corrected chi connectivity index (χ2v) is 6.26. The maximum atomic E-state index is 11.0. The van der Waals surface area contributed by atoms with Crippen LogP contribution >= 0.6 is 0 Å². The summed E-state index contributed by atoms with van der Waals surface area (Å²) in [7, 11) is 0. The Labute approximate surface area is 181 Å². The van der Waals surface area contributed by atoms with Crippen LogP contribution in [0.15, 0.2) is 18.2 Å². The highest BCUT2D eigenvalue weighted by atomic mass is 16.6.